The highest BCUT2D eigenvalue weighted by Crippen LogP contribution is 2.26. The highest BCUT2D eigenvalue weighted by molar-refractivity contribution is 5.79. The van der Waals surface area contributed by atoms with Crippen LogP contribution in [0, 0.1) is 11.8 Å². The van der Waals surface area contributed by atoms with Crippen molar-refractivity contribution < 1.29 is 9.47 Å². The molecule has 0 N–H and O–H groups in total. The van der Waals surface area contributed by atoms with Crippen molar-refractivity contribution in [3.05, 3.63) is 24.3 Å². The number of hydrogen-bond acceptors (Lipinski definition) is 4. The molecule has 3 heterocycles. The number of fused-ring (bicyclic) bond motifs is 1. The second-order valence-corrected chi connectivity index (χ2v) is 8.41. The Labute approximate surface area is 163 Å². The minimum Gasteiger partial charge on any atom is -0.353 e. The Morgan fingerprint density at radius 1 is 1.26 bits per heavy atom. The van der Waals surface area contributed by atoms with Gasteiger partial charge in [-0.3, -0.25) is 0 Å². The summed E-state index contributed by atoms with van der Waals surface area (Å²) in [6, 6.07) is 0.219. The van der Waals surface area contributed by atoms with Gasteiger partial charge in [-0.2, -0.15) is 0 Å². The van der Waals surface area contributed by atoms with Crippen molar-refractivity contribution in [1.29, 1.82) is 0 Å². The Balaban J connectivity index is 1.66. The largest absolute Gasteiger partial charge is 0.353 e. The van der Waals surface area contributed by atoms with E-state index in [0.29, 0.717) is 6.61 Å². The zero-order chi connectivity index (χ0) is 19.2. The van der Waals surface area contributed by atoms with E-state index in [2.05, 4.69) is 48.4 Å². The maximum absolute atomic E-state index is 6.01. The molecular weight excluding hydrogens is 338 g/mol. The molecule has 5 heteroatoms. The normalized spacial score (nSPS) is 20.3. The van der Waals surface area contributed by atoms with Gasteiger partial charge in [-0.25, -0.2) is 9.97 Å². The molecule has 2 aromatic heterocycles. The van der Waals surface area contributed by atoms with E-state index in [-0.39, 0.29) is 12.3 Å². The molecule has 1 aliphatic rings. The number of ether oxygens (including phenoxy) is 2. The van der Waals surface area contributed by atoms with Gasteiger partial charge in [-0.1, -0.05) is 27.2 Å². The third kappa shape index (κ3) is 5.29. The van der Waals surface area contributed by atoms with Gasteiger partial charge in [-0.15, -0.1) is 0 Å². The number of rotatable bonds is 9. The Hall–Kier alpha value is -1.46. The molecule has 150 valence electrons. The van der Waals surface area contributed by atoms with Crippen molar-refractivity contribution in [2.24, 2.45) is 11.8 Å². The van der Waals surface area contributed by atoms with Crippen LogP contribution in [0.2, 0.25) is 0 Å². The summed E-state index contributed by atoms with van der Waals surface area (Å²) in [5.74, 6) is 1.51. The van der Waals surface area contributed by atoms with Gasteiger partial charge < -0.3 is 14.0 Å². The average molecular weight is 374 g/mol. The van der Waals surface area contributed by atoms with Crippen LogP contribution in [0.1, 0.15) is 71.4 Å². The van der Waals surface area contributed by atoms with Crippen LogP contribution in [0.15, 0.2) is 18.7 Å². The van der Waals surface area contributed by atoms with E-state index in [1.807, 2.05) is 6.20 Å². The van der Waals surface area contributed by atoms with E-state index in [1.54, 1.807) is 6.33 Å². The second kappa shape index (κ2) is 9.65. The van der Waals surface area contributed by atoms with E-state index in [0.717, 1.165) is 43.4 Å². The van der Waals surface area contributed by atoms with Crippen LogP contribution in [0.25, 0.3) is 11.0 Å². The summed E-state index contributed by atoms with van der Waals surface area (Å²) in [6.07, 6.45) is 12.7. The van der Waals surface area contributed by atoms with Crippen LogP contribution >= 0.6 is 0 Å². The molecule has 3 unspecified atom stereocenters. The Morgan fingerprint density at radius 3 is 2.85 bits per heavy atom. The van der Waals surface area contributed by atoms with Crippen LogP contribution in [-0.2, 0) is 15.9 Å². The minimum atomic E-state index is -0.0466. The minimum absolute atomic E-state index is 0.0466. The van der Waals surface area contributed by atoms with Gasteiger partial charge in [0.15, 0.2) is 6.29 Å². The highest BCUT2D eigenvalue weighted by Gasteiger charge is 2.18. The molecule has 0 amide bonds. The van der Waals surface area contributed by atoms with Crippen LogP contribution in [0.3, 0.4) is 0 Å². The van der Waals surface area contributed by atoms with Crippen LogP contribution in [-0.4, -0.2) is 34.0 Å². The van der Waals surface area contributed by atoms with Crippen molar-refractivity contribution in [2.45, 2.75) is 78.6 Å². The molecule has 0 radical (unpaired) electrons. The molecule has 1 aliphatic heterocycles. The maximum atomic E-state index is 6.01. The second-order valence-electron chi connectivity index (χ2n) is 8.41. The summed E-state index contributed by atoms with van der Waals surface area (Å²) >= 11 is 0. The summed E-state index contributed by atoms with van der Waals surface area (Å²) in [6.45, 7) is 10.6. The number of aryl methyl sites for hydroxylation is 1. The SMILES string of the molecule is CC(C)C(C)CCCc1cn(C(C)COC2CCCCO2)c2ncncc12. The number of hydrogen-bond donors (Lipinski definition) is 0. The Morgan fingerprint density at radius 2 is 2.11 bits per heavy atom. The smallest absolute Gasteiger partial charge is 0.157 e. The van der Waals surface area contributed by atoms with Crippen molar-refractivity contribution in [3.63, 3.8) is 0 Å². The molecule has 0 aliphatic carbocycles. The molecular formula is C22H35N3O2. The van der Waals surface area contributed by atoms with Crippen LogP contribution < -0.4 is 0 Å². The molecule has 3 rings (SSSR count). The predicted molar refractivity (Wildman–Crippen MR) is 109 cm³/mol. The van der Waals surface area contributed by atoms with Crippen molar-refractivity contribution >= 4 is 11.0 Å². The number of aromatic nitrogens is 3. The van der Waals surface area contributed by atoms with Gasteiger partial charge in [0.2, 0.25) is 0 Å². The lowest BCUT2D eigenvalue weighted by Gasteiger charge is -2.24. The summed E-state index contributed by atoms with van der Waals surface area (Å²) in [5.41, 5.74) is 2.36. The van der Waals surface area contributed by atoms with Gasteiger partial charge >= 0.3 is 0 Å². The zero-order valence-corrected chi connectivity index (χ0v) is 17.4. The molecule has 5 nitrogen and oxygen atoms in total. The fourth-order valence-corrected chi connectivity index (χ4v) is 3.71. The summed E-state index contributed by atoms with van der Waals surface area (Å²) < 4.78 is 14.0. The molecule has 27 heavy (non-hydrogen) atoms. The quantitative estimate of drug-likeness (QED) is 0.610. The lowest BCUT2D eigenvalue weighted by atomic mass is 9.92. The van der Waals surface area contributed by atoms with E-state index >= 15 is 0 Å². The summed E-state index contributed by atoms with van der Waals surface area (Å²) in [7, 11) is 0. The fourth-order valence-electron chi connectivity index (χ4n) is 3.71. The Bertz CT molecular complexity index is 707. The predicted octanol–water partition coefficient (Wildman–Crippen LogP) is 5.15. The molecule has 2 aromatic rings. The molecule has 0 bridgehead atoms. The zero-order valence-electron chi connectivity index (χ0n) is 17.4. The maximum Gasteiger partial charge on any atom is 0.157 e. The van der Waals surface area contributed by atoms with Crippen molar-refractivity contribution in [2.75, 3.05) is 13.2 Å². The van der Waals surface area contributed by atoms with Crippen molar-refractivity contribution in [1.82, 2.24) is 14.5 Å². The first-order chi connectivity index (χ1) is 13.1. The average Bonchev–Trinajstić information content (AvgIpc) is 3.06. The number of nitrogens with zero attached hydrogens (tertiary/aromatic N) is 3. The first-order valence-corrected chi connectivity index (χ1v) is 10.6. The van der Waals surface area contributed by atoms with Gasteiger partial charge in [-0.05, 0) is 56.4 Å². The van der Waals surface area contributed by atoms with Gasteiger partial charge in [0.1, 0.15) is 12.0 Å². The standard InChI is InChI=1S/C22H35N3O2/c1-16(2)17(3)8-7-9-19-13-25(22-20(19)12-23-15-24-22)18(4)14-27-21-10-5-6-11-26-21/h12-13,15-18,21H,5-11,14H2,1-4H3. The fraction of sp³-hybridized carbons (Fsp3) is 0.727. The van der Waals surface area contributed by atoms with Crippen LogP contribution in [0.4, 0.5) is 0 Å². The van der Waals surface area contributed by atoms with Gasteiger partial charge in [0.25, 0.3) is 0 Å². The molecule has 3 atom stereocenters. The third-order valence-corrected chi connectivity index (χ3v) is 5.96. The molecule has 1 fully saturated rings. The Kier molecular flexibility index (Phi) is 7.25. The highest BCUT2D eigenvalue weighted by atomic mass is 16.7. The first kappa shape index (κ1) is 20.3. The summed E-state index contributed by atoms with van der Waals surface area (Å²) in [5, 5.41) is 1.18. The van der Waals surface area contributed by atoms with Gasteiger partial charge in [0, 0.05) is 24.4 Å². The molecule has 0 spiro atoms. The first-order valence-electron chi connectivity index (χ1n) is 10.6. The monoisotopic (exact) mass is 373 g/mol. The molecule has 1 saturated heterocycles. The van der Waals surface area contributed by atoms with E-state index in [1.165, 1.54) is 30.2 Å². The molecule has 0 aromatic carbocycles. The summed E-state index contributed by atoms with van der Waals surface area (Å²) in [4.78, 5) is 8.82. The lowest BCUT2D eigenvalue weighted by Crippen LogP contribution is -2.25. The topological polar surface area (TPSA) is 49.2 Å². The molecule has 0 saturated carbocycles. The van der Waals surface area contributed by atoms with E-state index < -0.39 is 0 Å². The van der Waals surface area contributed by atoms with Gasteiger partial charge in [0.05, 0.1) is 12.6 Å². The van der Waals surface area contributed by atoms with E-state index in [9.17, 15) is 0 Å². The lowest BCUT2D eigenvalue weighted by molar-refractivity contribution is -0.166. The van der Waals surface area contributed by atoms with Crippen LogP contribution in [0.5, 0.6) is 0 Å². The van der Waals surface area contributed by atoms with Crippen molar-refractivity contribution in [3.8, 4) is 0 Å². The van der Waals surface area contributed by atoms with E-state index in [4.69, 9.17) is 9.47 Å². The third-order valence-electron chi connectivity index (χ3n) is 5.96.